The maximum atomic E-state index is 12.3. The molecule has 0 spiro atoms. The summed E-state index contributed by atoms with van der Waals surface area (Å²) in [5.74, 6) is 0.0432. The maximum Gasteiger partial charge on any atom is 0.358 e. The molecular weight excluding hydrogens is 340 g/mol. The van der Waals surface area contributed by atoms with Gasteiger partial charge in [-0.25, -0.2) is 9.78 Å². The van der Waals surface area contributed by atoms with Crippen molar-refractivity contribution in [1.29, 1.82) is 0 Å². The van der Waals surface area contributed by atoms with Gasteiger partial charge in [-0.1, -0.05) is 0 Å². The third kappa shape index (κ3) is 3.99. The zero-order valence-electron chi connectivity index (χ0n) is 14.2. The summed E-state index contributed by atoms with van der Waals surface area (Å²) in [5, 5.41) is 2.36. The fourth-order valence-corrected chi connectivity index (χ4v) is 3.50. The van der Waals surface area contributed by atoms with Crippen LogP contribution < -0.4 is 4.74 Å². The highest BCUT2D eigenvalue weighted by molar-refractivity contribution is 7.13. The number of carbonyl (C=O) groups is 2. The van der Waals surface area contributed by atoms with Gasteiger partial charge < -0.3 is 14.4 Å². The van der Waals surface area contributed by atoms with Crippen molar-refractivity contribution in [1.82, 2.24) is 9.88 Å². The zero-order chi connectivity index (χ0) is 17.8. The number of carbonyl (C=O) groups excluding carboxylic acids is 2. The Kier molecular flexibility index (Phi) is 5.33. The Morgan fingerprint density at radius 2 is 1.88 bits per heavy atom. The van der Waals surface area contributed by atoms with Gasteiger partial charge in [-0.3, -0.25) is 4.79 Å². The first-order chi connectivity index (χ1) is 12.1. The third-order valence-electron chi connectivity index (χ3n) is 4.10. The number of likely N-dealkylation sites (tertiary alicyclic amines) is 1. The molecule has 0 aliphatic carbocycles. The topological polar surface area (TPSA) is 68.7 Å². The van der Waals surface area contributed by atoms with E-state index in [4.69, 9.17) is 9.47 Å². The van der Waals surface area contributed by atoms with Gasteiger partial charge in [-0.05, 0) is 44.0 Å². The summed E-state index contributed by atoms with van der Waals surface area (Å²) in [6, 6.07) is 7.44. The van der Waals surface area contributed by atoms with Crippen LogP contribution in [-0.4, -0.2) is 48.1 Å². The minimum atomic E-state index is -0.795. The number of amides is 1. The lowest BCUT2D eigenvalue weighted by Crippen LogP contribution is -2.38. The first-order valence-electron chi connectivity index (χ1n) is 8.18. The second kappa shape index (κ2) is 7.65. The van der Waals surface area contributed by atoms with Gasteiger partial charge in [0.05, 0.1) is 7.11 Å². The van der Waals surface area contributed by atoms with Crippen LogP contribution in [0.1, 0.15) is 30.3 Å². The number of thiazole rings is 1. The summed E-state index contributed by atoms with van der Waals surface area (Å²) in [5.41, 5.74) is 1.11. The molecule has 7 heteroatoms. The number of esters is 1. The number of ether oxygens (including phenoxy) is 2. The SMILES string of the molecule is COc1ccc(-c2nc(C(=O)O[C@H](C)C(=O)N3CCCC3)cs2)cc1. The van der Waals surface area contributed by atoms with Crippen LogP contribution in [0.15, 0.2) is 29.6 Å². The van der Waals surface area contributed by atoms with Crippen molar-refractivity contribution in [2.45, 2.75) is 25.9 Å². The second-order valence-corrected chi connectivity index (χ2v) is 6.70. The fraction of sp³-hybridized carbons (Fsp3) is 0.389. The maximum absolute atomic E-state index is 12.3. The Morgan fingerprint density at radius 1 is 1.20 bits per heavy atom. The van der Waals surface area contributed by atoms with E-state index in [2.05, 4.69) is 4.98 Å². The molecule has 1 saturated heterocycles. The molecule has 0 unspecified atom stereocenters. The minimum Gasteiger partial charge on any atom is -0.497 e. The Bertz CT molecular complexity index is 751. The van der Waals surface area contributed by atoms with E-state index in [-0.39, 0.29) is 11.6 Å². The number of hydrogen-bond acceptors (Lipinski definition) is 6. The molecule has 2 heterocycles. The molecule has 0 saturated carbocycles. The summed E-state index contributed by atoms with van der Waals surface area (Å²) in [7, 11) is 1.61. The second-order valence-electron chi connectivity index (χ2n) is 5.85. The van der Waals surface area contributed by atoms with Gasteiger partial charge >= 0.3 is 5.97 Å². The minimum absolute atomic E-state index is 0.142. The molecule has 1 amide bonds. The van der Waals surface area contributed by atoms with Gasteiger partial charge in [0.2, 0.25) is 0 Å². The number of hydrogen-bond donors (Lipinski definition) is 0. The van der Waals surface area contributed by atoms with E-state index in [9.17, 15) is 9.59 Å². The van der Waals surface area contributed by atoms with Crippen molar-refractivity contribution in [3.63, 3.8) is 0 Å². The van der Waals surface area contributed by atoms with E-state index in [1.54, 1.807) is 24.3 Å². The molecule has 0 bridgehead atoms. The summed E-state index contributed by atoms with van der Waals surface area (Å²) in [6.07, 6.45) is 1.21. The monoisotopic (exact) mass is 360 g/mol. The summed E-state index contributed by atoms with van der Waals surface area (Å²) in [6.45, 7) is 3.08. The third-order valence-corrected chi connectivity index (χ3v) is 4.99. The molecule has 1 aliphatic rings. The summed E-state index contributed by atoms with van der Waals surface area (Å²) in [4.78, 5) is 30.5. The molecule has 1 atom stereocenters. The molecular formula is C18H20N2O4S. The van der Waals surface area contributed by atoms with E-state index >= 15 is 0 Å². The highest BCUT2D eigenvalue weighted by Gasteiger charge is 2.27. The van der Waals surface area contributed by atoms with Crippen LogP contribution in [-0.2, 0) is 9.53 Å². The van der Waals surface area contributed by atoms with Gasteiger partial charge in [-0.15, -0.1) is 11.3 Å². The van der Waals surface area contributed by atoms with Gasteiger partial charge in [0, 0.05) is 24.0 Å². The Hall–Kier alpha value is -2.41. The first-order valence-corrected chi connectivity index (χ1v) is 9.06. The van der Waals surface area contributed by atoms with Crippen LogP contribution in [0.4, 0.5) is 0 Å². The van der Waals surface area contributed by atoms with Crippen molar-refractivity contribution >= 4 is 23.2 Å². The number of rotatable bonds is 5. The van der Waals surface area contributed by atoms with E-state index in [0.717, 1.165) is 37.2 Å². The lowest BCUT2D eigenvalue weighted by Gasteiger charge is -2.19. The zero-order valence-corrected chi connectivity index (χ0v) is 15.0. The van der Waals surface area contributed by atoms with Crippen LogP contribution in [0.5, 0.6) is 5.75 Å². The molecule has 1 fully saturated rings. The number of methoxy groups -OCH3 is 1. The molecule has 1 aromatic heterocycles. The van der Waals surface area contributed by atoms with Crippen LogP contribution in [0, 0.1) is 0 Å². The van der Waals surface area contributed by atoms with E-state index in [1.165, 1.54) is 11.3 Å². The van der Waals surface area contributed by atoms with Gasteiger partial charge in [0.1, 0.15) is 10.8 Å². The van der Waals surface area contributed by atoms with Crippen molar-refractivity contribution in [3.8, 4) is 16.3 Å². The molecule has 2 aromatic rings. The lowest BCUT2D eigenvalue weighted by atomic mass is 10.2. The van der Waals surface area contributed by atoms with Crippen molar-refractivity contribution in [2.24, 2.45) is 0 Å². The Morgan fingerprint density at radius 3 is 2.52 bits per heavy atom. The van der Waals surface area contributed by atoms with Crippen LogP contribution in [0.3, 0.4) is 0 Å². The molecule has 25 heavy (non-hydrogen) atoms. The van der Waals surface area contributed by atoms with Gasteiger partial charge in [0.15, 0.2) is 11.8 Å². The molecule has 132 valence electrons. The largest absolute Gasteiger partial charge is 0.497 e. The van der Waals surface area contributed by atoms with Crippen LogP contribution in [0.2, 0.25) is 0 Å². The van der Waals surface area contributed by atoms with Crippen molar-refractivity contribution in [3.05, 3.63) is 35.3 Å². The van der Waals surface area contributed by atoms with E-state index < -0.39 is 12.1 Å². The highest BCUT2D eigenvalue weighted by atomic mass is 32.1. The Balaban J connectivity index is 1.64. The molecule has 1 aliphatic heterocycles. The van der Waals surface area contributed by atoms with Crippen LogP contribution >= 0.6 is 11.3 Å². The van der Waals surface area contributed by atoms with Crippen molar-refractivity contribution < 1.29 is 19.1 Å². The van der Waals surface area contributed by atoms with E-state index in [1.807, 2.05) is 24.3 Å². The number of nitrogens with zero attached hydrogens (tertiary/aromatic N) is 2. The molecule has 6 nitrogen and oxygen atoms in total. The summed E-state index contributed by atoms with van der Waals surface area (Å²) < 4.78 is 10.4. The molecule has 0 N–H and O–H groups in total. The van der Waals surface area contributed by atoms with Crippen molar-refractivity contribution in [2.75, 3.05) is 20.2 Å². The normalized spacial score (nSPS) is 15.0. The molecule has 1 aromatic carbocycles. The van der Waals surface area contributed by atoms with E-state index in [0.29, 0.717) is 5.01 Å². The first kappa shape index (κ1) is 17.4. The molecule has 3 rings (SSSR count). The average molecular weight is 360 g/mol. The number of benzene rings is 1. The quantitative estimate of drug-likeness (QED) is 0.767. The molecule has 0 radical (unpaired) electrons. The lowest BCUT2D eigenvalue weighted by molar-refractivity contribution is -0.138. The summed E-state index contributed by atoms with van der Waals surface area (Å²) >= 11 is 1.36. The van der Waals surface area contributed by atoms with Crippen LogP contribution in [0.25, 0.3) is 10.6 Å². The smallest absolute Gasteiger partial charge is 0.358 e. The average Bonchev–Trinajstić information content (AvgIpc) is 3.33. The predicted molar refractivity (Wildman–Crippen MR) is 94.8 cm³/mol. The number of aromatic nitrogens is 1. The fourth-order valence-electron chi connectivity index (χ4n) is 2.70. The predicted octanol–water partition coefficient (Wildman–Crippen LogP) is 2.99. The van der Waals surface area contributed by atoms with Gasteiger partial charge in [0.25, 0.3) is 5.91 Å². The standard InChI is InChI=1S/C18H20N2O4S/c1-12(17(21)20-9-3-4-10-20)24-18(22)15-11-25-16(19-15)13-5-7-14(23-2)8-6-13/h5-8,11-12H,3-4,9-10H2,1-2H3/t12-/m1/s1. The highest BCUT2D eigenvalue weighted by Crippen LogP contribution is 2.26. The van der Waals surface area contributed by atoms with Gasteiger partial charge in [-0.2, -0.15) is 0 Å². The Labute approximate surface area is 150 Å².